The van der Waals surface area contributed by atoms with Crippen molar-refractivity contribution in [3.05, 3.63) is 36.3 Å². The van der Waals surface area contributed by atoms with Gasteiger partial charge in [-0.15, -0.1) is 0 Å². The molecule has 0 radical (unpaired) electrons. The predicted octanol–water partition coefficient (Wildman–Crippen LogP) is 1.51. The Balaban J connectivity index is 1.67. The topological polar surface area (TPSA) is 44.9 Å². The number of pyridine rings is 1. The van der Waals surface area contributed by atoms with Crippen LogP contribution in [-0.2, 0) is 6.54 Å². The Hall–Kier alpha value is -2.04. The fourth-order valence-corrected chi connectivity index (χ4v) is 2.50. The second-order valence-electron chi connectivity index (χ2n) is 4.79. The van der Waals surface area contributed by atoms with Crippen LogP contribution in [0.3, 0.4) is 0 Å². The minimum Gasteiger partial charge on any atom is -0.351 e. The molecule has 19 heavy (non-hydrogen) atoms. The minimum absolute atomic E-state index is 0.713. The second-order valence-corrected chi connectivity index (χ2v) is 4.79. The smallest absolute Gasteiger partial charge is 0.193 e. The van der Waals surface area contributed by atoms with Crippen LogP contribution < -0.4 is 5.32 Å². The Morgan fingerprint density at radius 3 is 2.95 bits per heavy atom. The first kappa shape index (κ1) is 12.0. The van der Waals surface area contributed by atoms with Gasteiger partial charge in [0.05, 0.1) is 12.2 Å². The molecule has 5 nitrogen and oxygen atoms in total. The van der Waals surface area contributed by atoms with Gasteiger partial charge in [-0.3, -0.25) is 4.99 Å². The summed E-state index contributed by atoms with van der Waals surface area (Å²) in [5.41, 5.74) is 2.02. The Kier molecular flexibility index (Phi) is 3.35. The maximum atomic E-state index is 4.57. The van der Waals surface area contributed by atoms with E-state index in [9.17, 15) is 0 Å². The van der Waals surface area contributed by atoms with Crippen molar-refractivity contribution in [2.75, 3.05) is 20.1 Å². The SMILES string of the molecule is CN=C(NCc1cn2ccccc2n1)N1CCCC1. The van der Waals surface area contributed by atoms with E-state index >= 15 is 0 Å². The molecule has 0 atom stereocenters. The highest BCUT2D eigenvalue weighted by molar-refractivity contribution is 5.80. The van der Waals surface area contributed by atoms with Crippen molar-refractivity contribution < 1.29 is 0 Å². The lowest BCUT2D eigenvalue weighted by Gasteiger charge is -2.20. The molecule has 1 saturated heterocycles. The van der Waals surface area contributed by atoms with Gasteiger partial charge in [-0.25, -0.2) is 4.98 Å². The van der Waals surface area contributed by atoms with Crippen molar-refractivity contribution >= 4 is 11.6 Å². The number of fused-ring (bicyclic) bond motifs is 1. The second kappa shape index (κ2) is 5.30. The van der Waals surface area contributed by atoms with E-state index in [0.717, 1.165) is 30.4 Å². The zero-order chi connectivity index (χ0) is 13.1. The minimum atomic E-state index is 0.713. The summed E-state index contributed by atoms with van der Waals surface area (Å²) >= 11 is 0. The van der Waals surface area contributed by atoms with Gasteiger partial charge in [0.15, 0.2) is 5.96 Å². The lowest BCUT2D eigenvalue weighted by molar-refractivity contribution is 0.493. The van der Waals surface area contributed by atoms with Crippen LogP contribution in [0.4, 0.5) is 0 Å². The molecule has 3 heterocycles. The van der Waals surface area contributed by atoms with Gasteiger partial charge >= 0.3 is 0 Å². The zero-order valence-corrected chi connectivity index (χ0v) is 11.2. The quantitative estimate of drug-likeness (QED) is 0.655. The van der Waals surface area contributed by atoms with Crippen molar-refractivity contribution in [3.8, 4) is 0 Å². The number of nitrogens with zero attached hydrogens (tertiary/aromatic N) is 4. The normalized spacial score (nSPS) is 16.3. The Morgan fingerprint density at radius 1 is 1.37 bits per heavy atom. The fraction of sp³-hybridized carbons (Fsp3) is 0.429. The van der Waals surface area contributed by atoms with Crippen molar-refractivity contribution in [3.63, 3.8) is 0 Å². The standard InChI is InChI=1S/C14H19N5/c1-15-14(18-7-4-5-8-18)16-10-12-11-19-9-3-2-6-13(19)17-12/h2-3,6,9,11H,4-5,7-8,10H2,1H3,(H,15,16). The van der Waals surface area contributed by atoms with Crippen molar-refractivity contribution in [2.45, 2.75) is 19.4 Å². The molecule has 0 saturated carbocycles. The van der Waals surface area contributed by atoms with Crippen molar-refractivity contribution in [1.29, 1.82) is 0 Å². The first-order valence-corrected chi connectivity index (χ1v) is 6.75. The average molecular weight is 257 g/mol. The molecule has 1 aliphatic rings. The number of hydrogen-bond acceptors (Lipinski definition) is 2. The van der Waals surface area contributed by atoms with Gasteiger partial charge in [-0.1, -0.05) is 6.07 Å². The first-order chi connectivity index (χ1) is 9.36. The number of imidazole rings is 1. The molecule has 0 amide bonds. The maximum absolute atomic E-state index is 4.57. The van der Waals surface area contributed by atoms with Crippen LogP contribution in [0.15, 0.2) is 35.6 Å². The van der Waals surface area contributed by atoms with Gasteiger partial charge in [0, 0.05) is 32.5 Å². The largest absolute Gasteiger partial charge is 0.351 e. The molecular weight excluding hydrogens is 238 g/mol. The molecule has 1 N–H and O–H groups in total. The zero-order valence-electron chi connectivity index (χ0n) is 11.2. The first-order valence-electron chi connectivity index (χ1n) is 6.75. The molecule has 0 aromatic carbocycles. The third kappa shape index (κ3) is 2.54. The van der Waals surface area contributed by atoms with Crippen molar-refractivity contribution in [2.24, 2.45) is 4.99 Å². The molecule has 2 aromatic heterocycles. The van der Waals surface area contributed by atoms with E-state index in [-0.39, 0.29) is 0 Å². The highest BCUT2D eigenvalue weighted by Crippen LogP contribution is 2.08. The van der Waals surface area contributed by atoms with Gasteiger partial charge in [0.2, 0.25) is 0 Å². The lowest BCUT2D eigenvalue weighted by atomic mass is 10.4. The molecule has 1 fully saturated rings. The van der Waals surface area contributed by atoms with Crippen LogP contribution in [0.25, 0.3) is 5.65 Å². The van der Waals surface area contributed by atoms with E-state index in [1.807, 2.05) is 35.8 Å². The third-order valence-electron chi connectivity index (χ3n) is 3.46. The Bertz CT molecular complexity index is 547. The monoisotopic (exact) mass is 257 g/mol. The molecular formula is C14H19N5. The van der Waals surface area contributed by atoms with E-state index < -0.39 is 0 Å². The summed E-state index contributed by atoms with van der Waals surface area (Å²) in [5, 5.41) is 3.39. The Morgan fingerprint density at radius 2 is 2.21 bits per heavy atom. The number of hydrogen-bond donors (Lipinski definition) is 1. The summed E-state index contributed by atoms with van der Waals surface area (Å²) in [7, 11) is 1.84. The predicted molar refractivity (Wildman–Crippen MR) is 76.2 cm³/mol. The number of aliphatic imine (C=N–C) groups is 1. The lowest BCUT2D eigenvalue weighted by Crippen LogP contribution is -2.39. The fourth-order valence-electron chi connectivity index (χ4n) is 2.50. The van der Waals surface area contributed by atoms with E-state index in [1.165, 1.54) is 12.8 Å². The van der Waals surface area contributed by atoms with Gasteiger partial charge in [0.1, 0.15) is 5.65 Å². The summed E-state index contributed by atoms with van der Waals surface area (Å²) in [6.45, 7) is 2.92. The van der Waals surface area contributed by atoms with Crippen molar-refractivity contribution in [1.82, 2.24) is 19.6 Å². The van der Waals surface area contributed by atoms with Crippen LogP contribution in [-0.4, -0.2) is 40.4 Å². The van der Waals surface area contributed by atoms with Gasteiger partial charge in [0.25, 0.3) is 0 Å². The number of likely N-dealkylation sites (tertiary alicyclic amines) is 1. The molecule has 0 bridgehead atoms. The molecule has 0 unspecified atom stereocenters. The van der Waals surface area contributed by atoms with E-state index in [2.05, 4.69) is 26.4 Å². The summed E-state index contributed by atoms with van der Waals surface area (Å²) in [4.78, 5) is 11.2. The maximum Gasteiger partial charge on any atom is 0.193 e. The molecule has 5 heteroatoms. The third-order valence-corrected chi connectivity index (χ3v) is 3.46. The van der Waals surface area contributed by atoms with Crippen LogP contribution in [0, 0.1) is 0 Å². The Labute approximate surface area is 113 Å². The average Bonchev–Trinajstić information content (AvgIpc) is 3.08. The van der Waals surface area contributed by atoms with Gasteiger partial charge in [-0.05, 0) is 25.0 Å². The van der Waals surface area contributed by atoms with E-state index in [4.69, 9.17) is 0 Å². The number of rotatable bonds is 2. The molecule has 1 aliphatic heterocycles. The summed E-state index contributed by atoms with van der Waals surface area (Å²) in [6, 6.07) is 6.02. The number of nitrogens with one attached hydrogen (secondary N) is 1. The van der Waals surface area contributed by atoms with Crippen LogP contribution in [0.2, 0.25) is 0 Å². The van der Waals surface area contributed by atoms with Crippen LogP contribution >= 0.6 is 0 Å². The van der Waals surface area contributed by atoms with Crippen LogP contribution in [0.5, 0.6) is 0 Å². The summed E-state index contributed by atoms with van der Waals surface area (Å²) in [6.07, 6.45) is 6.59. The summed E-state index contributed by atoms with van der Waals surface area (Å²) < 4.78 is 2.04. The van der Waals surface area contributed by atoms with Gasteiger partial charge in [-0.2, -0.15) is 0 Å². The summed E-state index contributed by atoms with van der Waals surface area (Å²) in [5.74, 6) is 0.981. The van der Waals surface area contributed by atoms with E-state index in [0.29, 0.717) is 6.54 Å². The van der Waals surface area contributed by atoms with E-state index in [1.54, 1.807) is 0 Å². The molecule has 3 rings (SSSR count). The number of aromatic nitrogens is 2. The number of guanidine groups is 1. The molecule has 0 spiro atoms. The molecule has 2 aromatic rings. The van der Waals surface area contributed by atoms with Gasteiger partial charge < -0.3 is 14.6 Å². The van der Waals surface area contributed by atoms with Crippen LogP contribution in [0.1, 0.15) is 18.5 Å². The highest BCUT2D eigenvalue weighted by atomic mass is 15.3. The molecule has 100 valence electrons. The molecule has 0 aliphatic carbocycles. The highest BCUT2D eigenvalue weighted by Gasteiger charge is 2.15.